The van der Waals surface area contributed by atoms with E-state index in [0.29, 0.717) is 15.6 Å². The van der Waals surface area contributed by atoms with Gasteiger partial charge in [-0.15, -0.1) is 0 Å². The molecule has 4 rings (SSSR count). The van der Waals surface area contributed by atoms with Gasteiger partial charge in [0, 0.05) is 48.3 Å². The Bertz CT molecular complexity index is 954. The Kier molecular flexibility index (Phi) is 5.24. The molecule has 1 fully saturated rings. The van der Waals surface area contributed by atoms with Crippen LogP contribution in [0.1, 0.15) is 17.2 Å². The molecule has 2 aromatic carbocycles. The lowest BCUT2D eigenvalue weighted by Gasteiger charge is -2.38. The number of pyridine rings is 1. The number of hydrogen-bond donors (Lipinski definition) is 1. The van der Waals surface area contributed by atoms with Crippen LogP contribution >= 0.6 is 23.2 Å². The topological polar surface area (TPSA) is 39.6 Å². The summed E-state index contributed by atoms with van der Waals surface area (Å²) < 4.78 is 0. The number of aromatic hydroxyl groups is 1. The molecule has 0 bridgehead atoms. The van der Waals surface area contributed by atoms with Crippen LogP contribution in [-0.2, 0) is 0 Å². The molecule has 6 heteroatoms. The van der Waals surface area contributed by atoms with E-state index in [0.717, 1.165) is 42.7 Å². The maximum atomic E-state index is 11.1. The summed E-state index contributed by atoms with van der Waals surface area (Å²) in [4.78, 5) is 9.06. The van der Waals surface area contributed by atoms with Crippen molar-refractivity contribution in [3.05, 3.63) is 69.8 Å². The van der Waals surface area contributed by atoms with Crippen LogP contribution in [0.4, 0.5) is 0 Å². The highest BCUT2D eigenvalue weighted by Crippen LogP contribution is 2.41. The summed E-state index contributed by atoms with van der Waals surface area (Å²) in [5, 5.41) is 13.1. The quantitative estimate of drug-likeness (QED) is 0.696. The summed E-state index contributed by atoms with van der Waals surface area (Å²) in [5.41, 5.74) is 2.39. The Balaban J connectivity index is 1.87. The van der Waals surface area contributed by atoms with Crippen molar-refractivity contribution in [2.24, 2.45) is 0 Å². The molecular weight excluding hydrogens is 381 g/mol. The average molecular weight is 402 g/mol. The SMILES string of the molecule is CN1CCN([C@@H](c2ccc(Cl)cc2)c2cc(Cl)c3cccnc3c2O)CC1. The summed E-state index contributed by atoms with van der Waals surface area (Å²) in [7, 11) is 2.13. The first-order valence-corrected chi connectivity index (χ1v) is 9.74. The first-order valence-electron chi connectivity index (χ1n) is 8.99. The second kappa shape index (κ2) is 7.64. The zero-order valence-electron chi connectivity index (χ0n) is 15.1. The van der Waals surface area contributed by atoms with Crippen molar-refractivity contribution in [1.29, 1.82) is 0 Å². The van der Waals surface area contributed by atoms with Gasteiger partial charge in [-0.25, -0.2) is 0 Å². The molecule has 1 aromatic heterocycles. The highest BCUT2D eigenvalue weighted by Gasteiger charge is 2.29. The Morgan fingerprint density at radius 1 is 1.04 bits per heavy atom. The number of phenolic OH excluding ortho intramolecular Hbond substituents is 1. The Morgan fingerprint density at radius 3 is 2.44 bits per heavy atom. The summed E-state index contributed by atoms with van der Waals surface area (Å²) in [6.45, 7) is 3.76. The van der Waals surface area contributed by atoms with E-state index in [1.165, 1.54) is 0 Å². The predicted molar refractivity (Wildman–Crippen MR) is 111 cm³/mol. The van der Waals surface area contributed by atoms with E-state index in [1.807, 2.05) is 42.5 Å². The number of phenols is 1. The van der Waals surface area contributed by atoms with Gasteiger partial charge in [-0.3, -0.25) is 9.88 Å². The third-order valence-electron chi connectivity index (χ3n) is 5.23. The van der Waals surface area contributed by atoms with Crippen LogP contribution in [0.3, 0.4) is 0 Å². The smallest absolute Gasteiger partial charge is 0.147 e. The number of rotatable bonds is 3. The first-order chi connectivity index (χ1) is 13.0. The zero-order valence-corrected chi connectivity index (χ0v) is 16.6. The molecule has 0 spiro atoms. The van der Waals surface area contributed by atoms with Gasteiger partial charge in [-0.1, -0.05) is 35.3 Å². The van der Waals surface area contributed by atoms with E-state index < -0.39 is 0 Å². The van der Waals surface area contributed by atoms with Crippen LogP contribution in [0.25, 0.3) is 10.9 Å². The summed E-state index contributed by atoms with van der Waals surface area (Å²) >= 11 is 12.7. The summed E-state index contributed by atoms with van der Waals surface area (Å²) in [6.07, 6.45) is 1.68. The molecule has 1 saturated heterocycles. The molecule has 4 nitrogen and oxygen atoms in total. The minimum atomic E-state index is -0.111. The average Bonchev–Trinajstić information content (AvgIpc) is 2.69. The maximum absolute atomic E-state index is 11.1. The molecule has 0 aliphatic carbocycles. The monoisotopic (exact) mass is 401 g/mol. The number of halogens is 2. The van der Waals surface area contributed by atoms with E-state index in [1.54, 1.807) is 6.20 Å². The lowest BCUT2D eigenvalue weighted by molar-refractivity contribution is 0.126. The molecule has 0 radical (unpaired) electrons. The van der Waals surface area contributed by atoms with Crippen LogP contribution in [0.5, 0.6) is 5.75 Å². The minimum Gasteiger partial charge on any atom is -0.505 e. The van der Waals surface area contributed by atoms with Gasteiger partial charge in [-0.05, 0) is 42.9 Å². The first kappa shape index (κ1) is 18.5. The fourth-order valence-corrected chi connectivity index (χ4v) is 4.12. The van der Waals surface area contributed by atoms with Gasteiger partial charge in [-0.2, -0.15) is 0 Å². The third kappa shape index (κ3) is 3.63. The number of fused-ring (bicyclic) bond motifs is 1. The van der Waals surface area contributed by atoms with Crippen molar-refractivity contribution < 1.29 is 5.11 Å². The second-order valence-corrected chi connectivity index (χ2v) is 7.83. The zero-order chi connectivity index (χ0) is 19.0. The molecule has 0 unspecified atom stereocenters. The van der Waals surface area contributed by atoms with Crippen molar-refractivity contribution in [3.63, 3.8) is 0 Å². The molecule has 1 aliphatic rings. The number of nitrogens with zero attached hydrogens (tertiary/aromatic N) is 3. The Morgan fingerprint density at radius 2 is 1.74 bits per heavy atom. The molecule has 2 heterocycles. The number of piperazine rings is 1. The summed E-state index contributed by atoms with van der Waals surface area (Å²) in [6, 6.07) is 13.3. The second-order valence-electron chi connectivity index (χ2n) is 6.99. The Labute approximate surface area is 168 Å². The highest BCUT2D eigenvalue weighted by atomic mass is 35.5. The number of benzene rings is 2. The molecule has 1 atom stereocenters. The lowest BCUT2D eigenvalue weighted by Crippen LogP contribution is -2.46. The van der Waals surface area contributed by atoms with Gasteiger partial charge in [0.25, 0.3) is 0 Å². The highest BCUT2D eigenvalue weighted by molar-refractivity contribution is 6.35. The molecule has 0 saturated carbocycles. The predicted octanol–water partition coefficient (Wildman–Crippen LogP) is 4.58. The summed E-state index contributed by atoms with van der Waals surface area (Å²) in [5.74, 6) is 0.189. The van der Waals surface area contributed by atoms with Crippen LogP contribution in [-0.4, -0.2) is 53.1 Å². The molecule has 1 aliphatic heterocycles. The largest absolute Gasteiger partial charge is 0.505 e. The molecule has 27 heavy (non-hydrogen) atoms. The van der Waals surface area contributed by atoms with Crippen molar-refractivity contribution in [1.82, 2.24) is 14.8 Å². The van der Waals surface area contributed by atoms with Gasteiger partial charge in [0.1, 0.15) is 11.3 Å². The normalized spacial score (nSPS) is 17.3. The van der Waals surface area contributed by atoms with Gasteiger partial charge >= 0.3 is 0 Å². The van der Waals surface area contributed by atoms with Gasteiger partial charge in [0.15, 0.2) is 0 Å². The van der Waals surface area contributed by atoms with Crippen LogP contribution in [0.2, 0.25) is 10.0 Å². The maximum Gasteiger partial charge on any atom is 0.147 e. The van der Waals surface area contributed by atoms with Crippen LogP contribution < -0.4 is 0 Å². The van der Waals surface area contributed by atoms with Crippen molar-refractivity contribution in [3.8, 4) is 5.75 Å². The fraction of sp³-hybridized carbons (Fsp3) is 0.286. The molecule has 1 N–H and O–H groups in total. The molecular formula is C21H21Cl2N3O. The van der Waals surface area contributed by atoms with Gasteiger partial charge in [0.05, 0.1) is 11.1 Å². The number of likely N-dealkylation sites (N-methyl/N-ethyl adjacent to an activating group) is 1. The van der Waals surface area contributed by atoms with Crippen molar-refractivity contribution >= 4 is 34.1 Å². The minimum absolute atomic E-state index is 0.111. The van der Waals surface area contributed by atoms with Crippen LogP contribution in [0.15, 0.2) is 48.7 Å². The fourth-order valence-electron chi connectivity index (χ4n) is 3.73. The standard InChI is InChI=1S/C21H21Cl2N3O/c1-25-9-11-26(12-10-25)20(14-4-6-15(22)7-5-14)17-13-18(23)16-3-2-8-24-19(16)21(17)27/h2-8,13,20,27H,9-12H2,1H3/t20-/m0/s1. The van der Waals surface area contributed by atoms with Crippen molar-refractivity contribution in [2.75, 3.05) is 33.2 Å². The molecule has 3 aromatic rings. The van der Waals surface area contributed by atoms with Crippen LogP contribution in [0, 0.1) is 0 Å². The third-order valence-corrected chi connectivity index (χ3v) is 5.79. The van der Waals surface area contributed by atoms with E-state index in [-0.39, 0.29) is 11.8 Å². The number of hydrogen-bond acceptors (Lipinski definition) is 4. The lowest BCUT2D eigenvalue weighted by atomic mass is 9.94. The van der Waals surface area contributed by atoms with E-state index in [4.69, 9.17) is 23.2 Å². The van der Waals surface area contributed by atoms with E-state index in [2.05, 4.69) is 21.8 Å². The van der Waals surface area contributed by atoms with Gasteiger partial charge < -0.3 is 10.0 Å². The number of aromatic nitrogens is 1. The van der Waals surface area contributed by atoms with E-state index >= 15 is 0 Å². The van der Waals surface area contributed by atoms with Crippen molar-refractivity contribution in [2.45, 2.75) is 6.04 Å². The molecule has 0 amide bonds. The van der Waals surface area contributed by atoms with Gasteiger partial charge in [0.2, 0.25) is 0 Å². The van der Waals surface area contributed by atoms with E-state index in [9.17, 15) is 5.11 Å². The molecule has 140 valence electrons. The Hall–Kier alpha value is -1.85.